The lowest BCUT2D eigenvalue weighted by Crippen LogP contribution is -2.09. The molecule has 0 saturated carbocycles. The van der Waals surface area contributed by atoms with E-state index < -0.39 is 23.1 Å². The summed E-state index contributed by atoms with van der Waals surface area (Å²) in [7, 11) is 0. The van der Waals surface area contributed by atoms with Gasteiger partial charge < -0.3 is 5.21 Å². The van der Waals surface area contributed by atoms with Crippen LogP contribution < -0.4 is 0 Å². The first kappa shape index (κ1) is 10.5. The van der Waals surface area contributed by atoms with Crippen LogP contribution in [0, 0.1) is 5.82 Å². The van der Waals surface area contributed by atoms with Gasteiger partial charge in [0.25, 0.3) is 0 Å². The molecule has 1 aromatic carbocycles. The molecule has 0 aliphatic heterocycles. The van der Waals surface area contributed by atoms with Crippen molar-refractivity contribution < 1.29 is 22.8 Å². The van der Waals surface area contributed by atoms with E-state index in [2.05, 4.69) is 5.16 Å². The molecule has 2 nitrogen and oxygen atoms in total. The van der Waals surface area contributed by atoms with Crippen molar-refractivity contribution in [3.05, 3.63) is 35.1 Å². The highest BCUT2D eigenvalue weighted by molar-refractivity contribution is 5.79. The van der Waals surface area contributed by atoms with Crippen LogP contribution in [0.2, 0.25) is 0 Å². The largest absolute Gasteiger partial charge is 0.419 e. The highest BCUT2D eigenvalue weighted by Crippen LogP contribution is 2.31. The van der Waals surface area contributed by atoms with Gasteiger partial charge in [-0.2, -0.15) is 13.2 Å². The Labute approximate surface area is 76.5 Å². The van der Waals surface area contributed by atoms with Gasteiger partial charge in [0.05, 0.1) is 11.8 Å². The third kappa shape index (κ3) is 2.01. The number of alkyl halides is 3. The number of hydrogen-bond donors (Lipinski definition) is 1. The molecular formula is C8H5F4NO. The van der Waals surface area contributed by atoms with Gasteiger partial charge in [0, 0.05) is 5.56 Å². The van der Waals surface area contributed by atoms with Crippen LogP contribution in [0.3, 0.4) is 0 Å². The molecule has 1 rings (SSSR count). The number of benzene rings is 1. The van der Waals surface area contributed by atoms with Crippen LogP contribution in [0.4, 0.5) is 17.6 Å². The minimum absolute atomic E-state index is 0.415. The van der Waals surface area contributed by atoms with E-state index in [1.807, 2.05) is 0 Å². The van der Waals surface area contributed by atoms with Crippen LogP contribution in [0.1, 0.15) is 11.1 Å². The fraction of sp³-hybridized carbons (Fsp3) is 0.125. The van der Waals surface area contributed by atoms with Gasteiger partial charge in [-0.3, -0.25) is 0 Å². The topological polar surface area (TPSA) is 32.6 Å². The maximum Gasteiger partial charge on any atom is 0.419 e. The number of halogens is 4. The highest BCUT2D eigenvalue weighted by atomic mass is 19.4. The van der Waals surface area contributed by atoms with Gasteiger partial charge in [-0.25, -0.2) is 4.39 Å². The molecule has 0 radical (unpaired) electrons. The molecule has 0 unspecified atom stereocenters. The molecule has 14 heavy (non-hydrogen) atoms. The molecule has 0 amide bonds. The van der Waals surface area contributed by atoms with Crippen LogP contribution in [0.15, 0.2) is 23.4 Å². The highest BCUT2D eigenvalue weighted by Gasteiger charge is 2.34. The number of nitrogens with zero attached hydrogens (tertiary/aromatic N) is 1. The van der Waals surface area contributed by atoms with Crippen LogP contribution in [-0.2, 0) is 6.18 Å². The van der Waals surface area contributed by atoms with E-state index >= 15 is 0 Å². The normalized spacial score (nSPS) is 12.3. The van der Waals surface area contributed by atoms with Crippen LogP contribution in [-0.4, -0.2) is 11.4 Å². The summed E-state index contributed by atoms with van der Waals surface area (Å²) >= 11 is 0. The molecule has 1 N–H and O–H groups in total. The molecule has 1 aromatic rings. The summed E-state index contributed by atoms with van der Waals surface area (Å²) in [5.74, 6) is -1.45. The molecule has 76 valence electrons. The van der Waals surface area contributed by atoms with Gasteiger partial charge in [0.1, 0.15) is 5.82 Å². The Kier molecular flexibility index (Phi) is 2.73. The third-order valence-electron chi connectivity index (χ3n) is 1.53. The van der Waals surface area contributed by atoms with Crippen molar-refractivity contribution in [3.63, 3.8) is 0 Å². The minimum Gasteiger partial charge on any atom is -0.411 e. The Morgan fingerprint density at radius 2 is 1.93 bits per heavy atom. The van der Waals surface area contributed by atoms with E-state index in [1.54, 1.807) is 0 Å². The zero-order valence-corrected chi connectivity index (χ0v) is 6.72. The zero-order chi connectivity index (χ0) is 10.8. The molecule has 0 saturated heterocycles. The van der Waals surface area contributed by atoms with E-state index in [-0.39, 0.29) is 0 Å². The van der Waals surface area contributed by atoms with Crippen molar-refractivity contribution in [2.24, 2.45) is 5.16 Å². The van der Waals surface area contributed by atoms with Crippen molar-refractivity contribution in [1.82, 2.24) is 0 Å². The van der Waals surface area contributed by atoms with E-state index in [9.17, 15) is 17.6 Å². The predicted octanol–water partition coefficient (Wildman–Crippen LogP) is 2.65. The Balaban J connectivity index is 3.28. The fourth-order valence-corrected chi connectivity index (χ4v) is 0.931. The van der Waals surface area contributed by atoms with Crippen molar-refractivity contribution in [1.29, 1.82) is 0 Å². The summed E-state index contributed by atoms with van der Waals surface area (Å²) in [5.41, 5.74) is -1.79. The van der Waals surface area contributed by atoms with Crippen LogP contribution in [0.5, 0.6) is 0 Å². The molecule has 0 aromatic heterocycles. The van der Waals surface area contributed by atoms with Crippen molar-refractivity contribution >= 4 is 6.21 Å². The quantitative estimate of drug-likeness (QED) is 0.326. The smallest absolute Gasteiger partial charge is 0.411 e. The second-order valence-corrected chi connectivity index (χ2v) is 2.45. The molecule has 0 spiro atoms. The van der Waals surface area contributed by atoms with Gasteiger partial charge in [0.2, 0.25) is 0 Å². The maximum absolute atomic E-state index is 13.0. The molecule has 0 atom stereocenters. The van der Waals surface area contributed by atoms with Gasteiger partial charge in [-0.1, -0.05) is 17.3 Å². The average molecular weight is 207 g/mol. The lowest BCUT2D eigenvalue weighted by atomic mass is 10.1. The Morgan fingerprint density at radius 1 is 1.29 bits per heavy atom. The molecule has 0 bridgehead atoms. The van der Waals surface area contributed by atoms with E-state index in [0.717, 1.165) is 12.1 Å². The Hall–Kier alpha value is -1.59. The number of oxime groups is 1. The molecule has 0 aliphatic rings. The molecule has 0 aliphatic carbocycles. The van der Waals surface area contributed by atoms with Crippen molar-refractivity contribution in [3.8, 4) is 0 Å². The molecule has 0 fully saturated rings. The number of rotatable bonds is 1. The summed E-state index contributed by atoms with van der Waals surface area (Å²) in [5, 5.41) is 10.5. The van der Waals surface area contributed by atoms with Gasteiger partial charge in [-0.05, 0) is 6.07 Å². The second-order valence-electron chi connectivity index (χ2n) is 2.45. The van der Waals surface area contributed by atoms with Gasteiger partial charge >= 0.3 is 6.18 Å². The van der Waals surface area contributed by atoms with E-state index in [0.29, 0.717) is 12.3 Å². The van der Waals surface area contributed by atoms with E-state index in [1.165, 1.54) is 0 Å². The maximum atomic E-state index is 13.0. The Bertz CT molecular complexity index is 359. The first-order chi connectivity index (χ1) is 6.46. The second kappa shape index (κ2) is 3.65. The standard InChI is InChI=1S/C8H5F4NO/c9-7-5(4-13-14)2-1-3-6(7)8(10,11)12/h1-4,14H/b13-4+. The fourth-order valence-electron chi connectivity index (χ4n) is 0.931. The van der Waals surface area contributed by atoms with E-state index in [4.69, 9.17) is 5.21 Å². The van der Waals surface area contributed by atoms with Gasteiger partial charge in [0.15, 0.2) is 0 Å². The van der Waals surface area contributed by atoms with Crippen molar-refractivity contribution in [2.75, 3.05) is 0 Å². The number of hydrogen-bond acceptors (Lipinski definition) is 2. The lowest BCUT2D eigenvalue weighted by Gasteiger charge is -2.08. The van der Waals surface area contributed by atoms with Crippen LogP contribution >= 0.6 is 0 Å². The first-order valence-corrected chi connectivity index (χ1v) is 3.50. The van der Waals surface area contributed by atoms with Gasteiger partial charge in [-0.15, -0.1) is 0 Å². The Morgan fingerprint density at radius 3 is 2.43 bits per heavy atom. The average Bonchev–Trinajstić information content (AvgIpc) is 2.07. The van der Waals surface area contributed by atoms with Crippen molar-refractivity contribution in [2.45, 2.75) is 6.18 Å². The van der Waals surface area contributed by atoms with Crippen LogP contribution in [0.25, 0.3) is 0 Å². The summed E-state index contributed by atoms with van der Waals surface area (Å²) in [6.07, 6.45) is -4.14. The monoisotopic (exact) mass is 207 g/mol. The summed E-state index contributed by atoms with van der Waals surface area (Å²) in [6.45, 7) is 0. The molecule has 6 heteroatoms. The predicted molar refractivity (Wildman–Crippen MR) is 40.8 cm³/mol. The summed E-state index contributed by atoms with van der Waals surface area (Å²) < 4.78 is 49.4. The summed E-state index contributed by atoms with van der Waals surface area (Å²) in [6, 6.07) is 2.72. The summed E-state index contributed by atoms with van der Waals surface area (Å²) in [4.78, 5) is 0. The zero-order valence-electron chi connectivity index (χ0n) is 6.72. The first-order valence-electron chi connectivity index (χ1n) is 3.50. The molecule has 0 heterocycles. The minimum atomic E-state index is -4.75. The molecular weight excluding hydrogens is 202 g/mol. The third-order valence-corrected chi connectivity index (χ3v) is 1.53. The lowest BCUT2D eigenvalue weighted by molar-refractivity contribution is -0.140. The SMILES string of the molecule is O/N=C/c1cccc(C(F)(F)F)c1F.